The molecule has 0 bridgehead atoms. The quantitative estimate of drug-likeness (QED) is 0.675. The number of alkyl halides is 3. The van der Waals surface area contributed by atoms with Crippen molar-refractivity contribution in [1.29, 1.82) is 0 Å². The van der Waals surface area contributed by atoms with Gasteiger partial charge < -0.3 is 9.32 Å². The monoisotopic (exact) mass is 484 g/mol. The summed E-state index contributed by atoms with van der Waals surface area (Å²) in [5.74, 6) is -2.52. The summed E-state index contributed by atoms with van der Waals surface area (Å²) in [7, 11) is 0. The lowest BCUT2D eigenvalue weighted by atomic mass is 10.0. The Labute approximate surface area is 189 Å². The minimum absolute atomic E-state index is 0.00560. The number of urea groups is 1. The number of nitrogens with zero attached hydrogens (tertiary/aromatic N) is 3. The number of halogens is 4. The summed E-state index contributed by atoms with van der Waals surface area (Å²) in [4.78, 5) is 49.8. The number of carbonyl (C=O) groups is 4. The number of imide groups is 1. The topological polar surface area (TPSA) is 103 Å². The highest BCUT2D eigenvalue weighted by Gasteiger charge is 2.41. The van der Waals surface area contributed by atoms with Crippen molar-refractivity contribution in [3.05, 3.63) is 34.0 Å². The number of benzene rings is 1. The molecule has 1 saturated carbocycles. The Kier molecular flexibility index (Phi) is 4.82. The van der Waals surface area contributed by atoms with Gasteiger partial charge in [0.15, 0.2) is 0 Å². The van der Waals surface area contributed by atoms with E-state index in [4.69, 9.17) is 16.0 Å². The highest BCUT2D eigenvalue weighted by molar-refractivity contribution is 6.38. The van der Waals surface area contributed by atoms with Crippen molar-refractivity contribution >= 4 is 46.3 Å². The van der Waals surface area contributed by atoms with Crippen molar-refractivity contribution in [2.75, 3.05) is 26.2 Å². The average molecular weight is 485 g/mol. The Balaban J connectivity index is 1.43. The van der Waals surface area contributed by atoms with E-state index in [1.54, 1.807) is 0 Å². The molecule has 174 valence electrons. The van der Waals surface area contributed by atoms with E-state index in [-0.39, 0.29) is 36.0 Å². The Hall–Kier alpha value is -3.28. The van der Waals surface area contributed by atoms with Crippen molar-refractivity contribution in [3.8, 4) is 0 Å². The molecule has 1 aromatic heterocycles. The number of hydrogen-bond acceptors (Lipinski definition) is 5. The third kappa shape index (κ3) is 3.67. The molecule has 0 atom stereocenters. The number of nitrogens with one attached hydrogen (secondary N) is 1. The zero-order valence-electron chi connectivity index (χ0n) is 16.9. The van der Waals surface area contributed by atoms with Gasteiger partial charge in [0, 0.05) is 11.9 Å². The number of carbonyl (C=O) groups excluding carboxylic acids is 4. The molecular weight excluding hydrogens is 469 g/mol. The molecule has 0 radical (unpaired) electrons. The van der Waals surface area contributed by atoms with Crippen LogP contribution in [0, 0.1) is 0 Å². The first-order chi connectivity index (χ1) is 15.5. The van der Waals surface area contributed by atoms with Crippen LogP contribution >= 0.6 is 11.6 Å². The van der Waals surface area contributed by atoms with E-state index < -0.39 is 53.4 Å². The molecule has 9 nitrogen and oxygen atoms in total. The van der Waals surface area contributed by atoms with Crippen molar-refractivity contribution in [2.45, 2.75) is 24.9 Å². The molecule has 5 amide bonds. The minimum atomic E-state index is -4.71. The number of fused-ring (bicyclic) bond motifs is 1. The number of hydrogen-bond donors (Lipinski definition) is 1. The zero-order valence-corrected chi connectivity index (χ0v) is 17.6. The molecule has 3 fully saturated rings. The van der Waals surface area contributed by atoms with Crippen LogP contribution in [0.25, 0.3) is 11.0 Å². The molecule has 0 unspecified atom stereocenters. The lowest BCUT2D eigenvalue weighted by Crippen LogP contribution is -2.58. The van der Waals surface area contributed by atoms with E-state index in [1.165, 1.54) is 6.07 Å². The maximum absolute atomic E-state index is 13.7. The lowest BCUT2D eigenvalue weighted by Gasteiger charge is -2.37. The van der Waals surface area contributed by atoms with Gasteiger partial charge in [0.1, 0.15) is 18.7 Å². The zero-order chi connectivity index (χ0) is 23.7. The fourth-order valence-corrected chi connectivity index (χ4v) is 4.32. The predicted molar refractivity (Wildman–Crippen MR) is 106 cm³/mol. The van der Waals surface area contributed by atoms with Gasteiger partial charge in [-0.05, 0) is 36.5 Å². The SMILES string of the molecule is O=C1CN(N2CCN(C(=O)c3oc4c(C(F)(F)F)cc(C5CC5)cc4c3Cl)CC2=O)C(=O)N1. The van der Waals surface area contributed by atoms with Crippen LogP contribution in [0.1, 0.15) is 40.4 Å². The number of furan rings is 1. The maximum Gasteiger partial charge on any atom is 0.420 e. The number of rotatable bonds is 3. The van der Waals surface area contributed by atoms with Gasteiger partial charge in [-0.2, -0.15) is 13.2 Å². The van der Waals surface area contributed by atoms with Crippen LogP contribution in [0.2, 0.25) is 5.02 Å². The number of amides is 5. The minimum Gasteiger partial charge on any atom is -0.449 e. The Morgan fingerprint density at radius 1 is 1.09 bits per heavy atom. The van der Waals surface area contributed by atoms with Crippen LogP contribution in [-0.2, 0) is 15.8 Å². The Morgan fingerprint density at radius 2 is 1.82 bits per heavy atom. The van der Waals surface area contributed by atoms with E-state index in [2.05, 4.69) is 5.32 Å². The second-order valence-electron chi connectivity index (χ2n) is 8.12. The molecule has 0 spiro atoms. The smallest absolute Gasteiger partial charge is 0.420 e. The molecule has 1 aliphatic carbocycles. The summed E-state index contributed by atoms with van der Waals surface area (Å²) in [6.45, 7) is -0.931. The van der Waals surface area contributed by atoms with Crippen molar-refractivity contribution in [3.63, 3.8) is 0 Å². The van der Waals surface area contributed by atoms with Crippen molar-refractivity contribution in [2.24, 2.45) is 0 Å². The molecule has 13 heteroatoms. The molecule has 1 aromatic carbocycles. The van der Waals surface area contributed by atoms with Crippen LogP contribution in [0.15, 0.2) is 16.5 Å². The molecule has 5 rings (SSSR count). The number of hydrazine groups is 1. The highest BCUT2D eigenvalue weighted by atomic mass is 35.5. The van der Waals surface area contributed by atoms with Crippen molar-refractivity contribution in [1.82, 2.24) is 20.2 Å². The van der Waals surface area contributed by atoms with Crippen molar-refractivity contribution < 1.29 is 36.8 Å². The average Bonchev–Trinajstić information content (AvgIpc) is 3.47. The Morgan fingerprint density at radius 3 is 2.39 bits per heavy atom. The third-order valence-corrected chi connectivity index (χ3v) is 6.22. The largest absolute Gasteiger partial charge is 0.449 e. The van der Waals surface area contributed by atoms with Gasteiger partial charge >= 0.3 is 12.2 Å². The normalized spacial score (nSPS) is 19.6. The van der Waals surface area contributed by atoms with E-state index >= 15 is 0 Å². The molecular formula is C20H16ClF3N4O5. The highest BCUT2D eigenvalue weighted by Crippen LogP contribution is 2.46. The fraction of sp³-hybridized carbons (Fsp3) is 0.400. The van der Waals surface area contributed by atoms with Gasteiger partial charge in [0.25, 0.3) is 11.8 Å². The third-order valence-electron chi connectivity index (χ3n) is 5.85. The molecule has 2 aromatic rings. The van der Waals surface area contributed by atoms with Crippen LogP contribution < -0.4 is 5.32 Å². The summed E-state index contributed by atoms with van der Waals surface area (Å²) in [5, 5.41) is 3.79. The van der Waals surface area contributed by atoms with Crippen LogP contribution in [0.3, 0.4) is 0 Å². The van der Waals surface area contributed by atoms with Gasteiger partial charge in [0.05, 0.1) is 17.1 Å². The second kappa shape index (κ2) is 7.37. The first-order valence-corrected chi connectivity index (χ1v) is 10.5. The van der Waals surface area contributed by atoms with E-state index in [0.717, 1.165) is 33.8 Å². The summed E-state index contributed by atoms with van der Waals surface area (Å²) < 4.78 is 46.3. The van der Waals surface area contributed by atoms with Crippen LogP contribution in [-0.4, -0.2) is 64.8 Å². The van der Waals surface area contributed by atoms with Crippen LogP contribution in [0.4, 0.5) is 18.0 Å². The molecule has 3 aliphatic rings. The molecule has 2 saturated heterocycles. The van der Waals surface area contributed by atoms with Gasteiger partial charge in [-0.15, -0.1) is 0 Å². The molecule has 3 heterocycles. The maximum atomic E-state index is 13.7. The Bertz CT molecular complexity index is 1220. The van der Waals surface area contributed by atoms with E-state index in [0.29, 0.717) is 5.56 Å². The van der Waals surface area contributed by atoms with Gasteiger partial charge in [-0.25, -0.2) is 14.8 Å². The molecule has 1 N–H and O–H groups in total. The lowest BCUT2D eigenvalue weighted by molar-refractivity contribution is -0.149. The summed E-state index contributed by atoms with van der Waals surface area (Å²) in [6, 6.07) is 1.79. The standard InChI is InChI=1S/C20H16ClF3N4O5/c21-15-11-5-10(9-1-2-9)6-12(20(22,23)24)16(11)33-17(15)18(31)26-3-4-27(14(30)8-26)28-7-13(29)25-19(28)32/h5-6,9H,1-4,7-8H2,(H,25,29,32). The molecule has 2 aliphatic heterocycles. The first kappa shape index (κ1) is 21.6. The second-order valence-corrected chi connectivity index (χ2v) is 8.49. The first-order valence-electron chi connectivity index (χ1n) is 10.1. The summed E-state index contributed by atoms with van der Waals surface area (Å²) in [5.41, 5.74) is -1.05. The summed E-state index contributed by atoms with van der Waals surface area (Å²) in [6.07, 6.45) is -3.16. The fourth-order valence-electron chi connectivity index (χ4n) is 4.06. The van der Waals surface area contributed by atoms with Gasteiger partial charge in [-0.1, -0.05) is 11.6 Å². The predicted octanol–water partition coefficient (Wildman–Crippen LogP) is 2.73. The number of piperazine rings is 1. The van der Waals surface area contributed by atoms with Gasteiger partial charge in [-0.3, -0.25) is 19.7 Å². The molecule has 33 heavy (non-hydrogen) atoms. The van der Waals surface area contributed by atoms with E-state index in [1.807, 2.05) is 0 Å². The van der Waals surface area contributed by atoms with E-state index in [9.17, 15) is 32.3 Å². The summed E-state index contributed by atoms with van der Waals surface area (Å²) >= 11 is 6.29. The van der Waals surface area contributed by atoms with Crippen LogP contribution in [0.5, 0.6) is 0 Å². The van der Waals surface area contributed by atoms with Gasteiger partial charge in [0.2, 0.25) is 11.7 Å².